The quantitative estimate of drug-likeness (QED) is 0.366. The van der Waals surface area contributed by atoms with Crippen molar-refractivity contribution < 1.29 is 29.3 Å². The second-order valence-electron chi connectivity index (χ2n) is 2.26. The fourth-order valence-electron chi connectivity index (χ4n) is 0.698. The topological polar surface area (TPSA) is 93.1 Å². The van der Waals surface area contributed by atoms with E-state index in [2.05, 4.69) is 9.47 Å². The Kier molecular flexibility index (Phi) is 2.74. The molecule has 0 saturated carbocycles. The highest BCUT2D eigenvalue weighted by Crippen LogP contribution is 2.07. The van der Waals surface area contributed by atoms with Crippen LogP contribution in [0.4, 0.5) is 0 Å². The van der Waals surface area contributed by atoms with Crippen LogP contribution in [0, 0.1) is 0 Å². The zero-order valence-electron chi connectivity index (χ0n) is 6.10. The Hall–Kier alpha value is -0.980. The average Bonchev–Trinajstić information content (AvgIpc) is 2.08. The molecule has 1 aliphatic heterocycles. The van der Waals surface area contributed by atoms with Gasteiger partial charge in [-0.25, -0.2) is 4.79 Å². The van der Waals surface area contributed by atoms with Crippen molar-refractivity contribution in [3.05, 3.63) is 0 Å². The number of carbonyl (C=O) groups is 2. The molecule has 12 heavy (non-hydrogen) atoms. The van der Waals surface area contributed by atoms with E-state index in [1.54, 1.807) is 0 Å². The number of aliphatic hydroxyl groups excluding tert-OH is 2. The lowest BCUT2D eigenvalue weighted by molar-refractivity contribution is -0.222. The molecular formula is C6H8O6. The first-order valence-corrected chi connectivity index (χ1v) is 3.29. The summed E-state index contributed by atoms with van der Waals surface area (Å²) in [5.41, 5.74) is 0. The molecule has 68 valence electrons. The maximum Gasteiger partial charge on any atom is 0.379 e. The first-order chi connectivity index (χ1) is 5.65. The maximum atomic E-state index is 10.6. The molecule has 0 bridgehead atoms. The molecule has 0 spiro atoms. The third kappa shape index (κ3) is 1.79. The highest BCUT2D eigenvalue weighted by Gasteiger charge is 2.32. The highest BCUT2D eigenvalue weighted by atomic mass is 16.7. The van der Waals surface area contributed by atoms with Crippen molar-refractivity contribution in [3.8, 4) is 0 Å². The molecule has 0 aliphatic carbocycles. The van der Waals surface area contributed by atoms with Gasteiger partial charge in [0.15, 0.2) is 0 Å². The van der Waals surface area contributed by atoms with Crippen molar-refractivity contribution in [1.82, 2.24) is 0 Å². The van der Waals surface area contributed by atoms with Crippen molar-refractivity contribution in [2.24, 2.45) is 0 Å². The maximum absolute atomic E-state index is 10.6. The van der Waals surface area contributed by atoms with Gasteiger partial charge in [0.25, 0.3) is 5.78 Å². The molecule has 0 aromatic carbocycles. The van der Waals surface area contributed by atoms with Gasteiger partial charge in [-0.1, -0.05) is 0 Å². The summed E-state index contributed by atoms with van der Waals surface area (Å²) in [5, 5.41) is 17.4. The predicted molar refractivity (Wildman–Crippen MR) is 33.9 cm³/mol. The van der Waals surface area contributed by atoms with Crippen molar-refractivity contribution in [3.63, 3.8) is 0 Å². The number of cyclic esters (lactones) is 1. The van der Waals surface area contributed by atoms with Crippen LogP contribution in [-0.4, -0.2) is 47.6 Å². The monoisotopic (exact) mass is 176 g/mol. The smallest absolute Gasteiger partial charge is 0.379 e. The fourth-order valence-corrected chi connectivity index (χ4v) is 0.698. The molecule has 6 heteroatoms. The van der Waals surface area contributed by atoms with E-state index in [1.165, 1.54) is 0 Å². The van der Waals surface area contributed by atoms with Crippen molar-refractivity contribution in [2.75, 3.05) is 13.2 Å². The molecule has 1 rings (SSSR count). The number of aliphatic hydroxyl groups is 2. The van der Waals surface area contributed by atoms with Crippen LogP contribution in [0.5, 0.6) is 0 Å². The minimum atomic E-state index is -1.30. The molecule has 0 unspecified atom stereocenters. The molecule has 0 amide bonds. The van der Waals surface area contributed by atoms with Crippen molar-refractivity contribution >= 4 is 11.8 Å². The molecule has 6 nitrogen and oxygen atoms in total. The molecule has 1 fully saturated rings. The van der Waals surface area contributed by atoms with Gasteiger partial charge in [-0.15, -0.1) is 0 Å². The summed E-state index contributed by atoms with van der Waals surface area (Å²) in [4.78, 5) is 21.1. The Morgan fingerprint density at radius 3 is 2.75 bits per heavy atom. The number of hydrogen-bond donors (Lipinski definition) is 2. The molecule has 0 aromatic heterocycles. The molecule has 1 saturated heterocycles. The van der Waals surface area contributed by atoms with E-state index < -0.39 is 37.4 Å². The van der Waals surface area contributed by atoms with E-state index in [-0.39, 0.29) is 0 Å². The number of hydrogen-bond acceptors (Lipinski definition) is 6. The van der Waals surface area contributed by atoms with E-state index in [0.29, 0.717) is 0 Å². The van der Waals surface area contributed by atoms with Gasteiger partial charge in [0.05, 0.1) is 6.61 Å². The summed E-state index contributed by atoms with van der Waals surface area (Å²) >= 11 is 0. The first-order valence-electron chi connectivity index (χ1n) is 3.29. The Balaban J connectivity index is 2.50. The standard InChI is InChI=1S/C6H8O6/c7-1-3(8)6-11-2-4(9)5(10)12-6/h3,6-8H,1-2H2/t3-,6+/m0/s1. The number of carbonyl (C=O) groups excluding carboxylic acids is 2. The number of ether oxygens (including phenoxy) is 2. The van der Waals surface area contributed by atoms with Gasteiger partial charge in [-0.05, 0) is 0 Å². The minimum Gasteiger partial charge on any atom is -0.427 e. The lowest BCUT2D eigenvalue weighted by atomic mass is 10.3. The Bertz CT molecular complexity index is 200. The van der Waals surface area contributed by atoms with Crippen molar-refractivity contribution in [1.29, 1.82) is 0 Å². The lowest BCUT2D eigenvalue weighted by Gasteiger charge is -2.24. The lowest BCUT2D eigenvalue weighted by Crippen LogP contribution is -2.44. The summed E-state index contributed by atoms with van der Waals surface area (Å²) < 4.78 is 8.94. The van der Waals surface area contributed by atoms with Gasteiger partial charge < -0.3 is 19.7 Å². The minimum absolute atomic E-state index is 0.416. The van der Waals surface area contributed by atoms with Crippen LogP contribution in [0.15, 0.2) is 0 Å². The Labute approximate surface area is 67.7 Å². The molecule has 0 aromatic rings. The molecule has 1 heterocycles. The van der Waals surface area contributed by atoms with Gasteiger partial charge in [0.2, 0.25) is 6.29 Å². The van der Waals surface area contributed by atoms with E-state index in [9.17, 15) is 9.59 Å². The Morgan fingerprint density at radius 2 is 2.25 bits per heavy atom. The SMILES string of the molecule is O=C1CO[C@@H]([C@@H](O)CO)OC1=O. The number of esters is 1. The van der Waals surface area contributed by atoms with Gasteiger partial charge in [-0.3, -0.25) is 4.79 Å². The molecule has 2 atom stereocenters. The van der Waals surface area contributed by atoms with E-state index in [4.69, 9.17) is 10.2 Å². The summed E-state index contributed by atoms with van der Waals surface area (Å²) in [7, 11) is 0. The number of Topliss-reactive ketones (excluding diaryl/α,β-unsaturated/α-hetero) is 1. The van der Waals surface area contributed by atoms with Crippen LogP contribution in [-0.2, 0) is 19.1 Å². The van der Waals surface area contributed by atoms with Crippen LogP contribution >= 0.6 is 0 Å². The van der Waals surface area contributed by atoms with E-state index in [0.717, 1.165) is 0 Å². The summed E-state index contributed by atoms with van der Waals surface area (Å²) in [6.07, 6.45) is -2.54. The third-order valence-electron chi connectivity index (χ3n) is 1.33. The number of rotatable bonds is 2. The van der Waals surface area contributed by atoms with E-state index in [1.807, 2.05) is 0 Å². The Morgan fingerprint density at radius 1 is 1.58 bits per heavy atom. The van der Waals surface area contributed by atoms with Crippen LogP contribution in [0.2, 0.25) is 0 Å². The second-order valence-corrected chi connectivity index (χ2v) is 2.26. The van der Waals surface area contributed by atoms with Crippen LogP contribution in [0.25, 0.3) is 0 Å². The molecule has 1 aliphatic rings. The zero-order valence-corrected chi connectivity index (χ0v) is 6.10. The highest BCUT2D eigenvalue weighted by molar-refractivity contribution is 6.34. The molecular weight excluding hydrogens is 168 g/mol. The largest absolute Gasteiger partial charge is 0.427 e. The molecule has 2 N–H and O–H groups in total. The van der Waals surface area contributed by atoms with Crippen LogP contribution in [0.3, 0.4) is 0 Å². The van der Waals surface area contributed by atoms with Gasteiger partial charge in [-0.2, -0.15) is 0 Å². The first kappa shape index (κ1) is 9.11. The predicted octanol–water partition coefficient (Wildman–Crippen LogP) is -2.19. The zero-order chi connectivity index (χ0) is 9.14. The average molecular weight is 176 g/mol. The van der Waals surface area contributed by atoms with Gasteiger partial charge >= 0.3 is 5.97 Å². The second kappa shape index (κ2) is 3.61. The summed E-state index contributed by atoms with van der Waals surface area (Å²) in [5.74, 6) is -1.84. The van der Waals surface area contributed by atoms with Crippen LogP contribution in [0.1, 0.15) is 0 Å². The molecule has 0 radical (unpaired) electrons. The van der Waals surface area contributed by atoms with E-state index >= 15 is 0 Å². The number of ketones is 1. The van der Waals surface area contributed by atoms with Gasteiger partial charge in [0.1, 0.15) is 12.7 Å². The fraction of sp³-hybridized carbons (Fsp3) is 0.667. The summed E-state index contributed by atoms with van der Waals surface area (Å²) in [6, 6.07) is 0. The van der Waals surface area contributed by atoms with Crippen molar-refractivity contribution in [2.45, 2.75) is 12.4 Å². The normalized spacial score (nSPS) is 26.7. The third-order valence-corrected chi connectivity index (χ3v) is 1.33. The van der Waals surface area contributed by atoms with Gasteiger partial charge in [0, 0.05) is 0 Å². The van der Waals surface area contributed by atoms with Crippen LogP contribution < -0.4 is 0 Å². The summed E-state index contributed by atoms with van der Waals surface area (Å²) in [6.45, 7) is -1.01.